The average molecular weight is 234 g/mol. The van der Waals surface area contributed by atoms with Crippen molar-refractivity contribution >= 4 is 16.9 Å². The van der Waals surface area contributed by atoms with Gasteiger partial charge in [-0.25, -0.2) is 5.43 Å². The van der Waals surface area contributed by atoms with Crippen LogP contribution in [0.2, 0.25) is 0 Å². The number of carbonyl (C=O) groups is 1. The summed E-state index contributed by atoms with van der Waals surface area (Å²) >= 11 is 0. The van der Waals surface area contributed by atoms with Gasteiger partial charge in [0.2, 0.25) is 0 Å². The van der Waals surface area contributed by atoms with E-state index in [4.69, 9.17) is 9.15 Å². The second kappa shape index (κ2) is 5.47. The minimum atomic E-state index is -0.208. The van der Waals surface area contributed by atoms with Gasteiger partial charge < -0.3 is 9.15 Å². The van der Waals surface area contributed by atoms with E-state index in [1.807, 2.05) is 24.3 Å². The van der Waals surface area contributed by atoms with Crippen molar-refractivity contribution in [2.75, 3.05) is 13.7 Å². The molecule has 5 heteroatoms. The van der Waals surface area contributed by atoms with Crippen LogP contribution in [0, 0.1) is 0 Å². The first-order valence-corrected chi connectivity index (χ1v) is 5.29. The zero-order valence-corrected chi connectivity index (χ0v) is 9.53. The van der Waals surface area contributed by atoms with Crippen molar-refractivity contribution in [2.45, 2.75) is 6.61 Å². The number of carbonyl (C=O) groups excluding carboxylic acids is 1. The second-order valence-electron chi connectivity index (χ2n) is 3.55. The Morgan fingerprint density at radius 3 is 3.06 bits per heavy atom. The maximum Gasteiger partial charge on any atom is 0.260 e. The van der Waals surface area contributed by atoms with E-state index in [1.54, 1.807) is 13.3 Å². The van der Waals surface area contributed by atoms with Gasteiger partial charge in [-0.15, -0.1) is 0 Å². The van der Waals surface area contributed by atoms with Gasteiger partial charge in [0.1, 0.15) is 12.2 Å². The summed E-state index contributed by atoms with van der Waals surface area (Å²) in [6.07, 6.45) is 1.65. The van der Waals surface area contributed by atoms with Gasteiger partial charge >= 0.3 is 0 Å². The van der Waals surface area contributed by atoms with Crippen LogP contribution in [0.4, 0.5) is 0 Å². The van der Waals surface area contributed by atoms with E-state index in [0.717, 1.165) is 16.5 Å². The predicted octanol–water partition coefficient (Wildman–Crippen LogP) is 1.20. The van der Waals surface area contributed by atoms with Crippen molar-refractivity contribution in [3.8, 4) is 0 Å². The van der Waals surface area contributed by atoms with Crippen molar-refractivity contribution in [3.63, 3.8) is 0 Å². The molecule has 0 atom stereocenters. The van der Waals surface area contributed by atoms with Gasteiger partial charge in [-0.2, -0.15) is 0 Å². The molecule has 2 N–H and O–H groups in total. The largest absolute Gasteiger partial charge is 0.464 e. The molecule has 0 saturated heterocycles. The standard InChI is InChI=1S/C12H14N2O3/c1-13-14-12(15)8-16-6-9-7-17-11-5-3-2-4-10(9)11/h2-5,7,13H,6,8H2,1H3,(H,14,15). The van der Waals surface area contributed by atoms with Crippen LogP contribution < -0.4 is 10.9 Å². The molecule has 0 unspecified atom stereocenters. The van der Waals surface area contributed by atoms with Gasteiger partial charge in [0.25, 0.3) is 5.91 Å². The van der Waals surface area contributed by atoms with Gasteiger partial charge in [-0.1, -0.05) is 18.2 Å². The molecule has 0 aliphatic heterocycles. The van der Waals surface area contributed by atoms with Crippen LogP contribution in [0.5, 0.6) is 0 Å². The van der Waals surface area contributed by atoms with Crippen LogP contribution in [-0.4, -0.2) is 19.6 Å². The summed E-state index contributed by atoms with van der Waals surface area (Å²) in [6.45, 7) is 0.370. The van der Waals surface area contributed by atoms with Crippen LogP contribution in [0.3, 0.4) is 0 Å². The summed E-state index contributed by atoms with van der Waals surface area (Å²) in [6, 6.07) is 7.71. The lowest BCUT2D eigenvalue weighted by molar-refractivity contribution is -0.126. The van der Waals surface area contributed by atoms with E-state index < -0.39 is 0 Å². The maximum atomic E-state index is 11.1. The summed E-state index contributed by atoms with van der Waals surface area (Å²) in [7, 11) is 1.63. The molecule has 2 aromatic rings. The highest BCUT2D eigenvalue weighted by Crippen LogP contribution is 2.20. The molecular weight excluding hydrogens is 220 g/mol. The molecule has 2 rings (SSSR count). The van der Waals surface area contributed by atoms with Gasteiger partial charge in [0.15, 0.2) is 0 Å². The number of ether oxygens (including phenoxy) is 1. The molecule has 0 aliphatic rings. The molecule has 90 valence electrons. The van der Waals surface area contributed by atoms with Gasteiger partial charge in [0, 0.05) is 18.0 Å². The Labute approximate surface area is 98.7 Å². The number of furan rings is 1. The number of hydrazine groups is 1. The molecule has 5 nitrogen and oxygen atoms in total. The zero-order valence-electron chi connectivity index (χ0n) is 9.53. The molecule has 1 amide bonds. The predicted molar refractivity (Wildman–Crippen MR) is 63.1 cm³/mol. The topological polar surface area (TPSA) is 63.5 Å². The minimum Gasteiger partial charge on any atom is -0.464 e. The fraction of sp³-hybridized carbons (Fsp3) is 0.250. The number of hydrogen-bond acceptors (Lipinski definition) is 4. The SMILES string of the molecule is CNNC(=O)COCc1coc2ccccc12. The Morgan fingerprint density at radius 1 is 1.41 bits per heavy atom. The molecular formula is C12H14N2O3. The zero-order chi connectivity index (χ0) is 12.1. The minimum absolute atomic E-state index is 0.0142. The van der Waals surface area contributed by atoms with Gasteiger partial charge in [-0.3, -0.25) is 10.2 Å². The van der Waals surface area contributed by atoms with Crippen molar-refractivity contribution < 1.29 is 13.9 Å². The van der Waals surface area contributed by atoms with Crippen molar-refractivity contribution in [3.05, 3.63) is 36.1 Å². The van der Waals surface area contributed by atoms with Gasteiger partial charge in [0.05, 0.1) is 12.9 Å². The fourth-order valence-corrected chi connectivity index (χ4v) is 1.57. The molecule has 0 fully saturated rings. The highest BCUT2D eigenvalue weighted by Gasteiger charge is 2.06. The van der Waals surface area contributed by atoms with Crippen LogP contribution in [0.25, 0.3) is 11.0 Å². The lowest BCUT2D eigenvalue weighted by Gasteiger charge is -2.03. The van der Waals surface area contributed by atoms with Crippen LogP contribution >= 0.6 is 0 Å². The number of benzene rings is 1. The fourth-order valence-electron chi connectivity index (χ4n) is 1.57. The molecule has 1 heterocycles. The summed E-state index contributed by atoms with van der Waals surface area (Å²) < 4.78 is 10.6. The molecule has 0 aliphatic carbocycles. The third kappa shape index (κ3) is 2.83. The summed E-state index contributed by atoms with van der Waals surface area (Å²) in [5.74, 6) is -0.208. The smallest absolute Gasteiger partial charge is 0.260 e. The van der Waals surface area contributed by atoms with Gasteiger partial charge in [-0.05, 0) is 6.07 Å². The first kappa shape index (κ1) is 11.6. The number of fused-ring (bicyclic) bond motifs is 1. The third-order valence-electron chi connectivity index (χ3n) is 2.32. The maximum absolute atomic E-state index is 11.1. The van der Waals surface area contributed by atoms with Crippen LogP contribution in [0.15, 0.2) is 34.9 Å². The quantitative estimate of drug-likeness (QED) is 0.763. The van der Waals surface area contributed by atoms with E-state index in [9.17, 15) is 4.79 Å². The molecule has 0 spiro atoms. The molecule has 1 aromatic carbocycles. The molecule has 0 radical (unpaired) electrons. The van der Waals surface area contributed by atoms with Crippen molar-refractivity contribution in [2.24, 2.45) is 0 Å². The first-order chi connectivity index (χ1) is 8.31. The number of amides is 1. The van der Waals surface area contributed by atoms with E-state index >= 15 is 0 Å². The Balaban J connectivity index is 1.93. The lowest BCUT2D eigenvalue weighted by atomic mass is 10.2. The third-order valence-corrected chi connectivity index (χ3v) is 2.32. The molecule has 0 saturated carbocycles. The lowest BCUT2D eigenvalue weighted by Crippen LogP contribution is -2.36. The number of para-hydroxylation sites is 1. The average Bonchev–Trinajstić information content (AvgIpc) is 2.73. The Kier molecular flexibility index (Phi) is 3.74. The summed E-state index contributed by atoms with van der Waals surface area (Å²) in [5.41, 5.74) is 6.74. The number of hydrogen-bond donors (Lipinski definition) is 2. The molecule has 17 heavy (non-hydrogen) atoms. The summed E-state index contributed by atoms with van der Waals surface area (Å²) in [4.78, 5) is 11.1. The summed E-state index contributed by atoms with van der Waals surface area (Å²) in [5, 5.41) is 1.02. The second-order valence-corrected chi connectivity index (χ2v) is 3.55. The Morgan fingerprint density at radius 2 is 2.24 bits per heavy atom. The van der Waals surface area contributed by atoms with E-state index in [1.165, 1.54) is 0 Å². The first-order valence-electron chi connectivity index (χ1n) is 5.29. The highest BCUT2D eigenvalue weighted by atomic mass is 16.5. The van der Waals surface area contributed by atoms with Crippen LogP contribution in [-0.2, 0) is 16.1 Å². The molecule has 0 bridgehead atoms. The highest BCUT2D eigenvalue weighted by molar-refractivity contribution is 5.80. The van der Waals surface area contributed by atoms with E-state index in [0.29, 0.717) is 6.61 Å². The van der Waals surface area contributed by atoms with Crippen LogP contribution in [0.1, 0.15) is 5.56 Å². The Bertz CT molecular complexity index is 507. The normalized spacial score (nSPS) is 10.6. The van der Waals surface area contributed by atoms with Crippen molar-refractivity contribution in [1.82, 2.24) is 10.9 Å². The monoisotopic (exact) mass is 234 g/mol. The van der Waals surface area contributed by atoms with E-state index in [2.05, 4.69) is 10.9 Å². The Hall–Kier alpha value is -1.85. The molecule has 1 aromatic heterocycles. The number of rotatable bonds is 5. The van der Waals surface area contributed by atoms with Crippen molar-refractivity contribution in [1.29, 1.82) is 0 Å². The van der Waals surface area contributed by atoms with E-state index in [-0.39, 0.29) is 12.5 Å². The number of nitrogens with one attached hydrogen (secondary N) is 2.